The molecular weight excluding hydrogens is 382 g/mol. The Morgan fingerprint density at radius 3 is 2.47 bits per heavy atom. The van der Waals surface area contributed by atoms with E-state index in [1.54, 1.807) is 0 Å². The van der Waals surface area contributed by atoms with Gasteiger partial charge in [-0.3, -0.25) is 14.5 Å². The number of piperazine rings is 1. The molecule has 1 heterocycles. The van der Waals surface area contributed by atoms with Gasteiger partial charge in [-0.2, -0.15) is 0 Å². The highest BCUT2D eigenvalue weighted by atomic mass is 16.4. The van der Waals surface area contributed by atoms with E-state index in [9.17, 15) is 19.8 Å². The van der Waals surface area contributed by atoms with E-state index in [4.69, 9.17) is 5.73 Å². The van der Waals surface area contributed by atoms with Gasteiger partial charge in [0.25, 0.3) is 0 Å². The van der Waals surface area contributed by atoms with Gasteiger partial charge >= 0.3 is 5.97 Å². The Balaban J connectivity index is 2.10. The zero-order valence-corrected chi connectivity index (χ0v) is 19.1. The van der Waals surface area contributed by atoms with Crippen LogP contribution < -0.4 is 10.6 Å². The SMILES string of the molecule is Cc1ccc(C)c(N2CC(C)(C)N(C[C@H](N)[C@@H](O)C[C@H](C(=O)O)C(C)C)CC2=O)c1. The number of anilines is 1. The van der Waals surface area contributed by atoms with Gasteiger partial charge in [0.2, 0.25) is 5.91 Å². The molecule has 7 heteroatoms. The molecule has 30 heavy (non-hydrogen) atoms. The molecule has 1 saturated heterocycles. The maximum atomic E-state index is 13.0. The lowest BCUT2D eigenvalue weighted by Crippen LogP contribution is -2.64. The zero-order valence-electron chi connectivity index (χ0n) is 19.1. The summed E-state index contributed by atoms with van der Waals surface area (Å²) in [7, 11) is 0. The Morgan fingerprint density at radius 2 is 1.90 bits per heavy atom. The molecule has 7 nitrogen and oxygen atoms in total. The van der Waals surface area contributed by atoms with Crippen LogP contribution in [-0.2, 0) is 9.59 Å². The van der Waals surface area contributed by atoms with Gasteiger partial charge < -0.3 is 20.8 Å². The summed E-state index contributed by atoms with van der Waals surface area (Å²) in [5.74, 6) is -1.67. The van der Waals surface area contributed by atoms with Crippen LogP contribution in [0, 0.1) is 25.7 Å². The number of hydrogen-bond acceptors (Lipinski definition) is 5. The fraction of sp³-hybridized carbons (Fsp3) is 0.652. The van der Waals surface area contributed by atoms with Crippen molar-refractivity contribution in [2.75, 3.05) is 24.5 Å². The van der Waals surface area contributed by atoms with Gasteiger partial charge in [0.1, 0.15) is 0 Å². The molecule has 0 aromatic heterocycles. The molecule has 0 saturated carbocycles. The molecule has 0 bridgehead atoms. The van der Waals surface area contributed by atoms with Gasteiger partial charge in [-0.25, -0.2) is 0 Å². The lowest BCUT2D eigenvalue weighted by molar-refractivity contribution is -0.144. The third-order valence-corrected chi connectivity index (χ3v) is 6.23. The van der Waals surface area contributed by atoms with Crippen molar-refractivity contribution < 1.29 is 19.8 Å². The first-order chi connectivity index (χ1) is 13.8. The first-order valence-electron chi connectivity index (χ1n) is 10.6. The number of aliphatic hydroxyl groups is 1. The molecule has 0 unspecified atom stereocenters. The van der Waals surface area contributed by atoms with E-state index in [0.29, 0.717) is 13.1 Å². The molecular formula is C23H37N3O4. The van der Waals surface area contributed by atoms with Crippen LogP contribution in [0.25, 0.3) is 0 Å². The summed E-state index contributed by atoms with van der Waals surface area (Å²) < 4.78 is 0. The van der Waals surface area contributed by atoms with Gasteiger partial charge in [-0.1, -0.05) is 26.0 Å². The number of rotatable bonds is 8. The molecule has 1 amide bonds. The molecule has 1 fully saturated rings. The van der Waals surface area contributed by atoms with Crippen LogP contribution in [0.3, 0.4) is 0 Å². The number of carboxylic acids is 1. The molecule has 1 aliphatic heterocycles. The Morgan fingerprint density at radius 1 is 1.27 bits per heavy atom. The van der Waals surface area contributed by atoms with Crippen molar-refractivity contribution in [2.24, 2.45) is 17.6 Å². The summed E-state index contributed by atoms with van der Waals surface area (Å²) in [6.45, 7) is 12.8. The van der Waals surface area contributed by atoms with E-state index in [0.717, 1.165) is 16.8 Å². The lowest BCUT2D eigenvalue weighted by Gasteiger charge is -2.48. The number of aliphatic carboxylic acids is 1. The summed E-state index contributed by atoms with van der Waals surface area (Å²) in [5, 5.41) is 19.9. The molecule has 0 radical (unpaired) electrons. The van der Waals surface area contributed by atoms with Gasteiger partial charge in [-0.05, 0) is 57.2 Å². The summed E-state index contributed by atoms with van der Waals surface area (Å²) in [5.41, 5.74) is 8.99. The highest BCUT2D eigenvalue weighted by Gasteiger charge is 2.40. The largest absolute Gasteiger partial charge is 0.481 e. The Bertz CT molecular complexity index is 778. The Hall–Kier alpha value is -1.96. The van der Waals surface area contributed by atoms with Gasteiger partial charge in [0, 0.05) is 30.4 Å². The topological polar surface area (TPSA) is 107 Å². The standard InChI is InChI=1S/C23H37N3O4/c1-14(2)17(22(29)30)10-20(27)18(24)11-25-12-21(28)26(13-23(25,5)6)19-9-15(3)7-8-16(19)4/h7-9,14,17-18,20,27H,10-13,24H2,1-6H3,(H,29,30)/t17-,18-,20-/m0/s1. The number of nitrogens with zero attached hydrogens (tertiary/aromatic N) is 2. The maximum absolute atomic E-state index is 13.0. The number of nitrogens with two attached hydrogens (primary N) is 1. The first kappa shape index (κ1) is 24.3. The monoisotopic (exact) mass is 419 g/mol. The van der Waals surface area contributed by atoms with Crippen LogP contribution >= 0.6 is 0 Å². The number of aryl methyl sites for hydroxylation is 2. The number of amides is 1. The van der Waals surface area contributed by atoms with Crippen molar-refractivity contribution in [1.82, 2.24) is 4.90 Å². The van der Waals surface area contributed by atoms with Crippen molar-refractivity contribution >= 4 is 17.6 Å². The van der Waals surface area contributed by atoms with E-state index in [1.165, 1.54) is 0 Å². The van der Waals surface area contributed by atoms with Crippen molar-refractivity contribution in [3.05, 3.63) is 29.3 Å². The predicted octanol–water partition coefficient (Wildman–Crippen LogP) is 2.17. The van der Waals surface area contributed by atoms with Crippen LogP contribution in [-0.4, -0.2) is 64.3 Å². The molecule has 2 rings (SSSR count). The molecule has 0 spiro atoms. The third kappa shape index (κ3) is 5.59. The van der Waals surface area contributed by atoms with Crippen molar-refractivity contribution in [3.63, 3.8) is 0 Å². The number of aliphatic hydroxyl groups excluding tert-OH is 1. The highest BCUT2D eigenvalue weighted by Crippen LogP contribution is 2.30. The number of carbonyl (C=O) groups excluding carboxylic acids is 1. The fourth-order valence-electron chi connectivity index (χ4n) is 4.05. The van der Waals surface area contributed by atoms with Crippen molar-refractivity contribution in [3.8, 4) is 0 Å². The second-order valence-electron chi connectivity index (χ2n) is 9.62. The quantitative estimate of drug-likeness (QED) is 0.596. The normalized spacial score (nSPS) is 20.3. The van der Waals surface area contributed by atoms with Gasteiger partial charge in [-0.15, -0.1) is 0 Å². The smallest absolute Gasteiger partial charge is 0.306 e. The Labute approximate surface area is 179 Å². The molecule has 3 atom stereocenters. The minimum Gasteiger partial charge on any atom is -0.481 e. The first-order valence-corrected chi connectivity index (χ1v) is 10.6. The Kier molecular flexibility index (Phi) is 7.66. The van der Waals surface area contributed by atoms with Crippen LogP contribution in [0.15, 0.2) is 18.2 Å². The van der Waals surface area contributed by atoms with E-state index in [-0.39, 0.29) is 30.3 Å². The maximum Gasteiger partial charge on any atom is 0.306 e. The number of carboxylic acid groups (broad SMARTS) is 1. The molecule has 4 N–H and O–H groups in total. The predicted molar refractivity (Wildman–Crippen MR) is 118 cm³/mol. The number of benzene rings is 1. The molecule has 1 aliphatic rings. The van der Waals surface area contributed by atoms with Crippen molar-refractivity contribution in [1.29, 1.82) is 0 Å². The highest BCUT2D eigenvalue weighted by molar-refractivity contribution is 5.96. The van der Waals surface area contributed by atoms with Crippen LogP contribution in [0.2, 0.25) is 0 Å². The summed E-state index contributed by atoms with van der Waals surface area (Å²) in [6, 6.07) is 5.46. The van der Waals surface area contributed by atoms with E-state index < -0.39 is 24.0 Å². The third-order valence-electron chi connectivity index (χ3n) is 6.23. The zero-order chi connectivity index (χ0) is 22.8. The van der Waals surface area contributed by atoms with E-state index in [2.05, 4.69) is 13.8 Å². The second kappa shape index (κ2) is 9.45. The lowest BCUT2D eigenvalue weighted by atomic mass is 9.87. The van der Waals surface area contributed by atoms with Crippen LogP contribution in [0.1, 0.15) is 45.2 Å². The van der Waals surface area contributed by atoms with E-state index >= 15 is 0 Å². The summed E-state index contributed by atoms with van der Waals surface area (Å²) in [6.07, 6.45) is -0.846. The average Bonchev–Trinajstić information content (AvgIpc) is 2.63. The van der Waals surface area contributed by atoms with Crippen LogP contribution in [0.4, 0.5) is 5.69 Å². The fourth-order valence-corrected chi connectivity index (χ4v) is 4.05. The molecule has 168 valence electrons. The van der Waals surface area contributed by atoms with Gasteiger partial charge in [0.05, 0.1) is 18.6 Å². The van der Waals surface area contributed by atoms with Gasteiger partial charge in [0.15, 0.2) is 0 Å². The molecule has 1 aromatic rings. The number of carbonyl (C=O) groups is 2. The summed E-state index contributed by atoms with van der Waals surface area (Å²) in [4.78, 5) is 28.2. The molecule has 1 aromatic carbocycles. The minimum atomic E-state index is -0.948. The minimum absolute atomic E-state index is 0.00434. The van der Waals surface area contributed by atoms with E-state index in [1.807, 2.05) is 55.7 Å². The van der Waals surface area contributed by atoms with Crippen LogP contribution in [0.5, 0.6) is 0 Å². The number of hydrogen-bond donors (Lipinski definition) is 3. The average molecular weight is 420 g/mol. The van der Waals surface area contributed by atoms with Crippen molar-refractivity contribution in [2.45, 2.75) is 65.6 Å². The molecule has 0 aliphatic carbocycles. The summed E-state index contributed by atoms with van der Waals surface area (Å²) >= 11 is 0. The second-order valence-corrected chi connectivity index (χ2v) is 9.62.